The molecule has 0 saturated heterocycles. The molecule has 0 fully saturated rings. The highest BCUT2D eigenvalue weighted by Crippen LogP contribution is 2.22. The molecule has 0 spiro atoms. The number of likely N-dealkylation sites (N-methyl/N-ethyl adjacent to an activating group) is 1. The molecule has 0 amide bonds. The van der Waals surface area contributed by atoms with Crippen LogP contribution in [-0.2, 0) is 14.9 Å². The molecule has 1 unspecified atom stereocenters. The van der Waals surface area contributed by atoms with E-state index in [1.807, 2.05) is 19.1 Å². The average molecular weight is 383 g/mol. The maximum absolute atomic E-state index is 10.5. The Morgan fingerprint density at radius 1 is 1.38 bits per heavy atom. The highest BCUT2D eigenvalue weighted by molar-refractivity contribution is 7.90. The van der Waals surface area contributed by atoms with Crippen LogP contribution in [0.4, 0.5) is 11.4 Å². The number of hydrogen-bond donors (Lipinski definition) is 2. The second-order valence-electron chi connectivity index (χ2n) is 6.27. The van der Waals surface area contributed by atoms with Crippen molar-refractivity contribution in [3.8, 4) is 0 Å². The first-order chi connectivity index (χ1) is 12.2. The van der Waals surface area contributed by atoms with Crippen molar-refractivity contribution in [1.29, 1.82) is 0 Å². The number of anilines is 2. The molecule has 1 aromatic rings. The summed E-state index contributed by atoms with van der Waals surface area (Å²) in [6.07, 6.45) is 5.40. The summed E-state index contributed by atoms with van der Waals surface area (Å²) in [6, 6.07) is 6.02. The van der Waals surface area contributed by atoms with E-state index in [2.05, 4.69) is 24.8 Å². The summed E-state index contributed by atoms with van der Waals surface area (Å²) in [5.41, 5.74) is 9.00. The molecule has 0 aliphatic heterocycles. The number of ether oxygens (including phenoxy) is 1. The predicted molar refractivity (Wildman–Crippen MR) is 108 cm³/mol. The van der Waals surface area contributed by atoms with Gasteiger partial charge in [-0.15, -0.1) is 0 Å². The standard InChI is InChI=1S/C12H20N2O.C7H10O3S/c1-4-14(7-8-15-3)12-6-5-11(13)9-10(12)2;1-6-2-4-7(5-3-6)11(8,9)10/h5-6,9H,4,7-8,13H2,1-3H3;2,4-6H,3H2,1H3,(H,8,9,10). The Morgan fingerprint density at radius 3 is 2.54 bits per heavy atom. The summed E-state index contributed by atoms with van der Waals surface area (Å²) >= 11 is 0. The van der Waals surface area contributed by atoms with Gasteiger partial charge in [0.1, 0.15) is 0 Å². The van der Waals surface area contributed by atoms with Crippen molar-refractivity contribution in [1.82, 2.24) is 0 Å². The van der Waals surface area contributed by atoms with E-state index in [9.17, 15) is 8.42 Å². The van der Waals surface area contributed by atoms with E-state index >= 15 is 0 Å². The fourth-order valence-electron chi connectivity index (χ4n) is 2.58. The topological polar surface area (TPSA) is 92.9 Å². The van der Waals surface area contributed by atoms with Gasteiger partial charge in [-0.25, -0.2) is 0 Å². The lowest BCUT2D eigenvalue weighted by atomic mass is 10.0. The molecule has 2 rings (SSSR count). The molecule has 0 bridgehead atoms. The normalized spacial score (nSPS) is 16.5. The zero-order valence-electron chi connectivity index (χ0n) is 16.0. The number of methoxy groups -OCH3 is 1. The molecule has 3 N–H and O–H groups in total. The molecule has 0 saturated carbocycles. The van der Waals surface area contributed by atoms with Crippen molar-refractivity contribution in [2.75, 3.05) is 37.4 Å². The number of rotatable bonds is 6. The highest BCUT2D eigenvalue weighted by atomic mass is 32.2. The van der Waals surface area contributed by atoms with Crippen LogP contribution in [-0.4, -0.2) is 39.8 Å². The minimum Gasteiger partial charge on any atom is -0.399 e. The van der Waals surface area contributed by atoms with Gasteiger partial charge in [-0.3, -0.25) is 4.55 Å². The van der Waals surface area contributed by atoms with Crippen LogP contribution in [0.25, 0.3) is 0 Å². The zero-order valence-corrected chi connectivity index (χ0v) is 16.8. The van der Waals surface area contributed by atoms with Crippen molar-refractivity contribution in [3.05, 3.63) is 46.9 Å². The van der Waals surface area contributed by atoms with E-state index in [0.717, 1.165) is 25.4 Å². The van der Waals surface area contributed by atoms with Gasteiger partial charge in [-0.05, 0) is 56.0 Å². The van der Waals surface area contributed by atoms with Gasteiger partial charge in [0.15, 0.2) is 0 Å². The average Bonchev–Trinajstić information content (AvgIpc) is 2.57. The third-order valence-electron chi connectivity index (χ3n) is 4.09. The van der Waals surface area contributed by atoms with E-state index in [1.165, 1.54) is 23.4 Å². The quantitative estimate of drug-likeness (QED) is 0.578. The fraction of sp³-hybridized carbons (Fsp3) is 0.474. The third-order valence-corrected chi connectivity index (χ3v) is 4.98. The second-order valence-corrected chi connectivity index (χ2v) is 7.69. The molecular formula is C19H30N2O4S. The summed E-state index contributed by atoms with van der Waals surface area (Å²) in [6.45, 7) is 8.85. The summed E-state index contributed by atoms with van der Waals surface area (Å²) in [7, 11) is -2.25. The van der Waals surface area contributed by atoms with Crippen molar-refractivity contribution in [3.63, 3.8) is 0 Å². The number of allylic oxidation sites excluding steroid dienone is 3. The molecule has 0 radical (unpaired) electrons. The Bertz CT molecular complexity index is 742. The van der Waals surface area contributed by atoms with Gasteiger partial charge in [-0.1, -0.05) is 19.1 Å². The van der Waals surface area contributed by atoms with Crippen molar-refractivity contribution < 1.29 is 17.7 Å². The van der Waals surface area contributed by atoms with Crippen LogP contribution >= 0.6 is 0 Å². The van der Waals surface area contributed by atoms with Gasteiger partial charge in [0.2, 0.25) is 0 Å². The molecule has 0 heterocycles. The molecule has 7 heteroatoms. The maximum atomic E-state index is 10.5. The monoisotopic (exact) mass is 382 g/mol. The molecule has 26 heavy (non-hydrogen) atoms. The summed E-state index contributed by atoms with van der Waals surface area (Å²) in [5, 5.41) is 0. The molecule has 0 aromatic heterocycles. The van der Waals surface area contributed by atoms with Crippen LogP contribution < -0.4 is 10.6 Å². The van der Waals surface area contributed by atoms with Gasteiger partial charge in [0.05, 0.1) is 11.5 Å². The minimum atomic E-state index is -3.97. The predicted octanol–water partition coefficient (Wildman–Crippen LogP) is 3.40. The summed E-state index contributed by atoms with van der Waals surface area (Å²) in [4.78, 5) is 2.30. The lowest BCUT2D eigenvalue weighted by Crippen LogP contribution is -2.27. The summed E-state index contributed by atoms with van der Waals surface area (Å²) < 4.78 is 34.7. The highest BCUT2D eigenvalue weighted by Gasteiger charge is 2.13. The van der Waals surface area contributed by atoms with Crippen LogP contribution in [0.1, 0.15) is 25.8 Å². The van der Waals surface area contributed by atoms with Gasteiger partial charge < -0.3 is 15.4 Å². The van der Waals surface area contributed by atoms with Gasteiger partial charge in [0, 0.05) is 31.6 Å². The fourth-order valence-corrected chi connectivity index (χ4v) is 3.14. The Kier molecular flexibility index (Phi) is 8.84. The number of hydrogen-bond acceptors (Lipinski definition) is 5. The first-order valence-corrected chi connectivity index (χ1v) is 10.1. The largest absolute Gasteiger partial charge is 0.399 e. The van der Waals surface area contributed by atoms with Crippen LogP contribution in [0.2, 0.25) is 0 Å². The van der Waals surface area contributed by atoms with E-state index in [1.54, 1.807) is 13.2 Å². The van der Waals surface area contributed by atoms with E-state index in [0.29, 0.717) is 12.3 Å². The van der Waals surface area contributed by atoms with E-state index in [-0.39, 0.29) is 4.91 Å². The van der Waals surface area contributed by atoms with E-state index < -0.39 is 10.1 Å². The Morgan fingerprint density at radius 2 is 2.08 bits per heavy atom. The number of nitrogens with two attached hydrogens (primary N) is 1. The van der Waals surface area contributed by atoms with Crippen LogP contribution in [0.5, 0.6) is 0 Å². The molecule has 1 atom stereocenters. The van der Waals surface area contributed by atoms with Crippen molar-refractivity contribution >= 4 is 21.5 Å². The second kappa shape index (κ2) is 10.4. The lowest BCUT2D eigenvalue weighted by Gasteiger charge is -2.24. The molecule has 1 aliphatic carbocycles. The maximum Gasteiger partial charge on any atom is 0.294 e. The molecule has 146 valence electrons. The number of benzene rings is 1. The van der Waals surface area contributed by atoms with Crippen molar-refractivity contribution in [2.24, 2.45) is 5.92 Å². The number of nitrogen functional groups attached to an aromatic ring is 1. The molecule has 1 aromatic carbocycles. The Hall–Kier alpha value is -1.83. The van der Waals surface area contributed by atoms with Gasteiger partial charge in [-0.2, -0.15) is 8.42 Å². The Balaban J connectivity index is 0.000000273. The van der Waals surface area contributed by atoms with Gasteiger partial charge in [0.25, 0.3) is 10.1 Å². The smallest absolute Gasteiger partial charge is 0.294 e. The third kappa shape index (κ3) is 7.19. The molecule has 6 nitrogen and oxygen atoms in total. The van der Waals surface area contributed by atoms with Gasteiger partial charge >= 0.3 is 0 Å². The summed E-state index contributed by atoms with van der Waals surface area (Å²) in [5.74, 6) is 0.362. The number of nitrogens with zero attached hydrogens (tertiary/aromatic N) is 1. The number of aryl methyl sites for hydroxylation is 1. The first-order valence-electron chi connectivity index (χ1n) is 8.64. The minimum absolute atomic E-state index is 0.00981. The van der Waals surface area contributed by atoms with Crippen LogP contribution in [0, 0.1) is 12.8 Å². The van der Waals surface area contributed by atoms with Crippen LogP contribution in [0.3, 0.4) is 0 Å². The van der Waals surface area contributed by atoms with Crippen LogP contribution in [0.15, 0.2) is 41.3 Å². The zero-order chi connectivity index (χ0) is 19.7. The molecular weight excluding hydrogens is 352 g/mol. The first kappa shape index (κ1) is 22.2. The van der Waals surface area contributed by atoms with E-state index in [4.69, 9.17) is 15.0 Å². The Labute approximate surface area is 157 Å². The SMILES string of the molecule is CC1C=CC(S(=O)(=O)O)=CC1.CCN(CCOC)c1ccc(N)cc1C. The lowest BCUT2D eigenvalue weighted by molar-refractivity contribution is 0.205. The molecule has 1 aliphatic rings. The van der Waals surface area contributed by atoms with Crippen molar-refractivity contribution in [2.45, 2.75) is 27.2 Å².